The Morgan fingerprint density at radius 2 is 1.95 bits per heavy atom. The van der Waals surface area contributed by atoms with E-state index in [0.29, 0.717) is 19.0 Å². The highest BCUT2D eigenvalue weighted by Crippen LogP contribution is 2.37. The SMILES string of the molecule is CC(CNC1(CC(=O)O)CN(C(=O)OC(C)(C)C)C1)C1CC1. The predicted molar refractivity (Wildman–Crippen MR) is 82.7 cm³/mol. The van der Waals surface area contributed by atoms with Crippen LogP contribution in [0.3, 0.4) is 0 Å². The lowest BCUT2D eigenvalue weighted by atomic mass is 9.85. The Morgan fingerprint density at radius 3 is 2.41 bits per heavy atom. The minimum Gasteiger partial charge on any atom is -0.481 e. The summed E-state index contributed by atoms with van der Waals surface area (Å²) in [6.07, 6.45) is 2.21. The number of hydrogen-bond donors (Lipinski definition) is 2. The lowest BCUT2D eigenvalue weighted by Crippen LogP contribution is -2.71. The number of carboxylic acids is 1. The maximum atomic E-state index is 12.0. The second kappa shape index (κ2) is 6.07. The van der Waals surface area contributed by atoms with Gasteiger partial charge >= 0.3 is 12.1 Å². The van der Waals surface area contributed by atoms with Gasteiger partial charge in [-0.2, -0.15) is 0 Å². The average molecular weight is 312 g/mol. The van der Waals surface area contributed by atoms with E-state index in [2.05, 4.69) is 12.2 Å². The molecule has 0 aromatic rings. The van der Waals surface area contributed by atoms with Gasteiger partial charge in [-0.3, -0.25) is 4.79 Å². The van der Waals surface area contributed by atoms with Crippen LogP contribution < -0.4 is 5.32 Å². The van der Waals surface area contributed by atoms with Crippen molar-refractivity contribution < 1.29 is 19.4 Å². The van der Waals surface area contributed by atoms with Crippen LogP contribution >= 0.6 is 0 Å². The molecule has 22 heavy (non-hydrogen) atoms. The van der Waals surface area contributed by atoms with E-state index in [1.807, 2.05) is 20.8 Å². The van der Waals surface area contributed by atoms with Crippen molar-refractivity contribution in [2.45, 2.75) is 58.1 Å². The van der Waals surface area contributed by atoms with E-state index in [1.54, 1.807) is 4.90 Å². The molecule has 0 aromatic heterocycles. The number of carboxylic acid groups (broad SMARTS) is 1. The molecular formula is C16H28N2O4. The van der Waals surface area contributed by atoms with E-state index in [0.717, 1.165) is 12.5 Å². The highest BCUT2D eigenvalue weighted by Gasteiger charge is 2.48. The van der Waals surface area contributed by atoms with Crippen molar-refractivity contribution in [3.05, 3.63) is 0 Å². The van der Waals surface area contributed by atoms with Gasteiger partial charge in [0.2, 0.25) is 0 Å². The third-order valence-electron chi connectivity index (χ3n) is 4.35. The van der Waals surface area contributed by atoms with Gasteiger partial charge in [0.1, 0.15) is 5.60 Å². The number of carbonyl (C=O) groups excluding carboxylic acids is 1. The number of hydrogen-bond acceptors (Lipinski definition) is 4. The molecule has 0 spiro atoms. The molecule has 2 aliphatic rings. The Bertz CT molecular complexity index is 434. The molecule has 1 saturated carbocycles. The van der Waals surface area contributed by atoms with Gasteiger partial charge in [-0.05, 0) is 52.0 Å². The number of rotatable bonds is 6. The number of carbonyl (C=O) groups is 2. The summed E-state index contributed by atoms with van der Waals surface area (Å²) in [6, 6.07) is 0. The second-order valence-corrected chi connectivity index (χ2v) is 7.88. The molecule has 1 aliphatic heterocycles. The van der Waals surface area contributed by atoms with Crippen molar-refractivity contribution in [2.24, 2.45) is 11.8 Å². The molecule has 6 nitrogen and oxygen atoms in total. The number of nitrogens with zero attached hydrogens (tertiary/aromatic N) is 1. The normalized spacial score (nSPS) is 21.9. The molecule has 1 saturated heterocycles. The highest BCUT2D eigenvalue weighted by molar-refractivity contribution is 5.73. The lowest BCUT2D eigenvalue weighted by molar-refractivity contribution is -0.141. The van der Waals surface area contributed by atoms with Crippen LogP contribution in [0.4, 0.5) is 4.79 Å². The van der Waals surface area contributed by atoms with Crippen LogP contribution in [0.2, 0.25) is 0 Å². The van der Waals surface area contributed by atoms with E-state index < -0.39 is 17.1 Å². The first-order chi connectivity index (χ1) is 10.1. The van der Waals surface area contributed by atoms with E-state index in [1.165, 1.54) is 12.8 Å². The van der Waals surface area contributed by atoms with Crippen LogP contribution in [0.25, 0.3) is 0 Å². The van der Waals surface area contributed by atoms with Gasteiger partial charge in [0.05, 0.1) is 12.0 Å². The Kier molecular flexibility index (Phi) is 4.70. The van der Waals surface area contributed by atoms with E-state index in [4.69, 9.17) is 9.84 Å². The van der Waals surface area contributed by atoms with E-state index in [9.17, 15) is 9.59 Å². The summed E-state index contributed by atoms with van der Waals surface area (Å²) < 4.78 is 5.33. The molecule has 2 rings (SSSR count). The van der Waals surface area contributed by atoms with Crippen molar-refractivity contribution in [3.8, 4) is 0 Å². The van der Waals surface area contributed by atoms with Crippen LogP contribution in [0, 0.1) is 11.8 Å². The topological polar surface area (TPSA) is 78.9 Å². The van der Waals surface area contributed by atoms with Crippen molar-refractivity contribution >= 4 is 12.1 Å². The summed E-state index contributed by atoms with van der Waals surface area (Å²) in [5.41, 5.74) is -1.04. The quantitative estimate of drug-likeness (QED) is 0.785. The Morgan fingerprint density at radius 1 is 1.36 bits per heavy atom. The van der Waals surface area contributed by atoms with E-state index in [-0.39, 0.29) is 12.5 Å². The van der Waals surface area contributed by atoms with Gasteiger partial charge < -0.3 is 20.1 Å². The zero-order valence-corrected chi connectivity index (χ0v) is 14.0. The smallest absolute Gasteiger partial charge is 0.410 e. The Balaban J connectivity index is 1.86. The van der Waals surface area contributed by atoms with Crippen molar-refractivity contribution in [1.82, 2.24) is 10.2 Å². The largest absolute Gasteiger partial charge is 0.481 e. The summed E-state index contributed by atoms with van der Waals surface area (Å²) in [7, 11) is 0. The molecule has 1 amide bonds. The highest BCUT2D eigenvalue weighted by atomic mass is 16.6. The van der Waals surface area contributed by atoms with Gasteiger partial charge in [0.25, 0.3) is 0 Å². The average Bonchev–Trinajstić information content (AvgIpc) is 3.12. The Hall–Kier alpha value is -1.30. The molecule has 0 aromatic carbocycles. The van der Waals surface area contributed by atoms with Crippen molar-refractivity contribution in [2.75, 3.05) is 19.6 Å². The number of ether oxygens (including phenoxy) is 1. The molecule has 1 atom stereocenters. The summed E-state index contributed by atoms with van der Waals surface area (Å²) in [5.74, 6) is 0.494. The molecule has 0 bridgehead atoms. The number of aliphatic carboxylic acids is 1. The zero-order valence-electron chi connectivity index (χ0n) is 14.0. The van der Waals surface area contributed by atoms with Crippen LogP contribution in [-0.4, -0.2) is 52.8 Å². The van der Waals surface area contributed by atoms with Crippen molar-refractivity contribution in [3.63, 3.8) is 0 Å². The first-order valence-corrected chi connectivity index (χ1v) is 8.05. The molecule has 2 N–H and O–H groups in total. The maximum Gasteiger partial charge on any atom is 0.410 e. The van der Waals surface area contributed by atoms with E-state index >= 15 is 0 Å². The summed E-state index contributed by atoms with van der Waals surface area (Å²) in [6.45, 7) is 9.26. The third-order valence-corrected chi connectivity index (χ3v) is 4.35. The maximum absolute atomic E-state index is 12.0. The van der Waals surface area contributed by atoms with Gasteiger partial charge in [0.15, 0.2) is 0 Å². The summed E-state index contributed by atoms with van der Waals surface area (Å²) in [4.78, 5) is 24.7. The fraction of sp³-hybridized carbons (Fsp3) is 0.875. The van der Waals surface area contributed by atoms with Crippen LogP contribution in [0.15, 0.2) is 0 Å². The summed E-state index contributed by atoms with van der Waals surface area (Å²) in [5, 5.41) is 12.5. The standard InChI is InChI=1S/C16H28N2O4/c1-11(12-5-6-12)8-17-16(7-13(19)20)9-18(10-16)14(21)22-15(2,3)4/h11-12,17H,5-10H2,1-4H3,(H,19,20). The summed E-state index contributed by atoms with van der Waals surface area (Å²) >= 11 is 0. The zero-order chi connectivity index (χ0) is 16.5. The minimum atomic E-state index is -0.838. The molecule has 126 valence electrons. The predicted octanol–water partition coefficient (Wildman–Crippen LogP) is 2.09. The molecule has 1 aliphatic carbocycles. The second-order valence-electron chi connectivity index (χ2n) is 7.88. The number of likely N-dealkylation sites (tertiary alicyclic amines) is 1. The van der Waals surface area contributed by atoms with Gasteiger partial charge in [-0.1, -0.05) is 6.92 Å². The molecule has 2 fully saturated rings. The monoisotopic (exact) mass is 312 g/mol. The van der Waals surface area contributed by atoms with Crippen LogP contribution in [0.1, 0.15) is 47.0 Å². The molecule has 1 heterocycles. The fourth-order valence-corrected chi connectivity index (χ4v) is 2.92. The molecular weight excluding hydrogens is 284 g/mol. The first-order valence-electron chi connectivity index (χ1n) is 8.05. The van der Waals surface area contributed by atoms with Gasteiger partial charge in [0, 0.05) is 13.1 Å². The lowest BCUT2D eigenvalue weighted by Gasteiger charge is -2.50. The van der Waals surface area contributed by atoms with Gasteiger partial charge in [-0.25, -0.2) is 4.79 Å². The third kappa shape index (κ3) is 4.60. The number of nitrogens with one attached hydrogen (secondary N) is 1. The number of amides is 1. The Labute approximate surface area is 132 Å². The molecule has 0 radical (unpaired) electrons. The minimum absolute atomic E-state index is 0.0314. The molecule has 1 unspecified atom stereocenters. The fourth-order valence-electron chi connectivity index (χ4n) is 2.92. The van der Waals surface area contributed by atoms with Gasteiger partial charge in [-0.15, -0.1) is 0 Å². The molecule has 6 heteroatoms. The first kappa shape index (κ1) is 17.1. The van der Waals surface area contributed by atoms with Crippen LogP contribution in [0.5, 0.6) is 0 Å². The van der Waals surface area contributed by atoms with Crippen molar-refractivity contribution in [1.29, 1.82) is 0 Å². The van der Waals surface area contributed by atoms with Crippen LogP contribution in [-0.2, 0) is 9.53 Å².